The second kappa shape index (κ2) is 11.1. The molecule has 6 aromatic carbocycles. The van der Waals surface area contributed by atoms with Crippen LogP contribution in [0.5, 0.6) is 0 Å². The van der Waals surface area contributed by atoms with Gasteiger partial charge in [0.15, 0.2) is 17.5 Å². The van der Waals surface area contributed by atoms with Crippen molar-refractivity contribution in [3.63, 3.8) is 0 Å². The van der Waals surface area contributed by atoms with Gasteiger partial charge in [-0.1, -0.05) is 127 Å². The molecule has 0 radical (unpaired) electrons. The molecule has 0 aliphatic rings. The average molecular weight is 580 g/mol. The molecule has 5 nitrogen and oxygen atoms in total. The summed E-state index contributed by atoms with van der Waals surface area (Å²) >= 11 is 0. The van der Waals surface area contributed by atoms with Crippen molar-refractivity contribution < 1.29 is 4.42 Å². The molecular formula is C40H25N3O2. The third kappa shape index (κ3) is 4.96. The lowest BCUT2D eigenvalue weighted by atomic mass is 9.93. The SMILES string of the molecule is O=c1c2ccccc2oc2ccc(-c3ccccc3-c3ccc(-c4nc(-c5ccccc5)nc(-c5ccccc5)n4)cc3)cc12. The van der Waals surface area contributed by atoms with Gasteiger partial charge in [-0.05, 0) is 46.5 Å². The van der Waals surface area contributed by atoms with Gasteiger partial charge < -0.3 is 4.42 Å². The third-order valence-electron chi connectivity index (χ3n) is 7.97. The molecule has 0 N–H and O–H groups in total. The number of benzene rings is 6. The normalized spacial score (nSPS) is 11.2. The third-order valence-corrected chi connectivity index (χ3v) is 7.97. The van der Waals surface area contributed by atoms with Gasteiger partial charge in [0.05, 0.1) is 10.8 Å². The number of hydrogen-bond donors (Lipinski definition) is 0. The predicted molar refractivity (Wildman–Crippen MR) is 181 cm³/mol. The van der Waals surface area contributed by atoms with Gasteiger partial charge in [-0.25, -0.2) is 15.0 Å². The quantitative estimate of drug-likeness (QED) is 0.190. The Hall–Kier alpha value is -6.20. The molecule has 0 atom stereocenters. The van der Waals surface area contributed by atoms with E-state index in [0.717, 1.165) is 38.9 Å². The maximum atomic E-state index is 13.4. The van der Waals surface area contributed by atoms with Crippen LogP contribution in [-0.4, -0.2) is 15.0 Å². The zero-order valence-electron chi connectivity index (χ0n) is 24.1. The van der Waals surface area contributed by atoms with Gasteiger partial charge in [0.1, 0.15) is 11.2 Å². The van der Waals surface area contributed by atoms with Crippen LogP contribution in [0.15, 0.2) is 161 Å². The summed E-state index contributed by atoms with van der Waals surface area (Å²) < 4.78 is 6.04. The molecule has 45 heavy (non-hydrogen) atoms. The number of fused-ring (bicyclic) bond motifs is 2. The monoisotopic (exact) mass is 579 g/mol. The first kappa shape index (κ1) is 26.4. The first-order chi connectivity index (χ1) is 22.2. The molecule has 0 unspecified atom stereocenters. The molecular weight excluding hydrogens is 554 g/mol. The van der Waals surface area contributed by atoms with Gasteiger partial charge in [0.25, 0.3) is 0 Å². The first-order valence-corrected chi connectivity index (χ1v) is 14.7. The molecule has 0 aliphatic carbocycles. The van der Waals surface area contributed by atoms with Crippen LogP contribution in [0.3, 0.4) is 0 Å². The summed E-state index contributed by atoms with van der Waals surface area (Å²) in [5.74, 6) is 1.86. The fourth-order valence-electron chi connectivity index (χ4n) is 5.69. The van der Waals surface area contributed by atoms with Crippen molar-refractivity contribution in [3.05, 3.63) is 162 Å². The van der Waals surface area contributed by atoms with Crippen LogP contribution in [0.2, 0.25) is 0 Å². The highest BCUT2D eigenvalue weighted by atomic mass is 16.3. The molecule has 5 heteroatoms. The second-order valence-corrected chi connectivity index (χ2v) is 10.8. The zero-order valence-corrected chi connectivity index (χ0v) is 24.1. The van der Waals surface area contributed by atoms with E-state index in [9.17, 15) is 4.79 Å². The number of hydrogen-bond acceptors (Lipinski definition) is 5. The van der Waals surface area contributed by atoms with Gasteiger partial charge in [-0.15, -0.1) is 0 Å². The van der Waals surface area contributed by atoms with Crippen LogP contribution in [-0.2, 0) is 0 Å². The van der Waals surface area contributed by atoms with Gasteiger partial charge in [-0.3, -0.25) is 4.79 Å². The Morgan fingerprint density at radius 3 is 1.44 bits per heavy atom. The second-order valence-electron chi connectivity index (χ2n) is 10.8. The fraction of sp³-hybridized carbons (Fsp3) is 0. The first-order valence-electron chi connectivity index (χ1n) is 14.7. The van der Waals surface area contributed by atoms with Crippen molar-refractivity contribution in [2.75, 3.05) is 0 Å². The van der Waals surface area contributed by atoms with E-state index in [1.54, 1.807) is 6.07 Å². The summed E-state index contributed by atoms with van der Waals surface area (Å²) in [6.45, 7) is 0. The summed E-state index contributed by atoms with van der Waals surface area (Å²) in [5, 5.41) is 1.14. The van der Waals surface area contributed by atoms with Crippen LogP contribution in [0.4, 0.5) is 0 Å². The Balaban J connectivity index is 1.20. The Morgan fingerprint density at radius 2 is 0.822 bits per heavy atom. The van der Waals surface area contributed by atoms with Gasteiger partial charge >= 0.3 is 0 Å². The molecule has 0 amide bonds. The standard InChI is InChI=1S/C40H25N3O2/c44-37-33-17-9-10-18-35(33)45-36-24-23-30(25-34(36)37)32-16-8-7-15-31(32)26-19-21-29(22-20-26)40-42-38(27-11-3-1-4-12-27)41-39(43-40)28-13-5-2-6-14-28/h1-25H. The lowest BCUT2D eigenvalue weighted by Crippen LogP contribution is -2.02. The smallest absolute Gasteiger partial charge is 0.200 e. The van der Waals surface area contributed by atoms with E-state index >= 15 is 0 Å². The van der Waals surface area contributed by atoms with Crippen LogP contribution in [0.25, 0.3) is 78.4 Å². The molecule has 2 aromatic heterocycles. The largest absolute Gasteiger partial charge is 0.456 e. The number of para-hydroxylation sites is 1. The molecule has 8 rings (SSSR count). The number of rotatable bonds is 5. The summed E-state index contributed by atoms with van der Waals surface area (Å²) in [6, 6.07) is 49.6. The van der Waals surface area contributed by atoms with Crippen molar-refractivity contribution in [3.8, 4) is 56.4 Å². The van der Waals surface area contributed by atoms with E-state index in [4.69, 9.17) is 19.4 Å². The average Bonchev–Trinajstić information content (AvgIpc) is 3.12. The van der Waals surface area contributed by atoms with Gasteiger partial charge in [0, 0.05) is 16.7 Å². The van der Waals surface area contributed by atoms with Gasteiger partial charge in [0.2, 0.25) is 5.43 Å². The Kier molecular flexibility index (Phi) is 6.54. The lowest BCUT2D eigenvalue weighted by Gasteiger charge is -2.12. The maximum absolute atomic E-state index is 13.4. The summed E-state index contributed by atoms with van der Waals surface area (Å²) in [5.41, 5.74) is 7.96. The highest BCUT2D eigenvalue weighted by Crippen LogP contribution is 2.35. The van der Waals surface area contributed by atoms with Gasteiger partial charge in [-0.2, -0.15) is 0 Å². The molecule has 8 aromatic rings. The Bertz CT molecular complexity index is 2330. The van der Waals surface area contributed by atoms with Crippen molar-refractivity contribution in [1.29, 1.82) is 0 Å². The van der Waals surface area contributed by atoms with E-state index < -0.39 is 0 Å². The van der Waals surface area contributed by atoms with E-state index in [2.05, 4.69) is 24.3 Å². The van der Waals surface area contributed by atoms with Crippen molar-refractivity contribution in [2.45, 2.75) is 0 Å². The molecule has 0 saturated heterocycles. The molecule has 0 saturated carbocycles. The molecule has 0 bridgehead atoms. The summed E-state index contributed by atoms with van der Waals surface area (Å²) in [7, 11) is 0. The zero-order chi connectivity index (χ0) is 30.2. The van der Waals surface area contributed by atoms with E-state index in [1.165, 1.54) is 0 Å². The minimum Gasteiger partial charge on any atom is -0.456 e. The van der Waals surface area contributed by atoms with E-state index in [1.807, 2.05) is 121 Å². The fourth-order valence-corrected chi connectivity index (χ4v) is 5.69. The summed E-state index contributed by atoms with van der Waals surface area (Å²) in [6.07, 6.45) is 0. The Morgan fingerprint density at radius 1 is 0.378 bits per heavy atom. The van der Waals surface area contributed by atoms with Crippen LogP contribution >= 0.6 is 0 Å². The van der Waals surface area contributed by atoms with Crippen molar-refractivity contribution in [1.82, 2.24) is 15.0 Å². The minimum atomic E-state index is -0.0300. The molecule has 0 aliphatic heterocycles. The van der Waals surface area contributed by atoms with Crippen molar-refractivity contribution >= 4 is 21.9 Å². The van der Waals surface area contributed by atoms with Crippen LogP contribution in [0.1, 0.15) is 0 Å². The molecule has 0 spiro atoms. The topological polar surface area (TPSA) is 68.9 Å². The molecule has 212 valence electrons. The molecule has 0 fully saturated rings. The highest BCUT2D eigenvalue weighted by Gasteiger charge is 2.14. The molecule has 2 heterocycles. The maximum Gasteiger partial charge on any atom is 0.200 e. The Labute approximate surface area is 259 Å². The highest BCUT2D eigenvalue weighted by molar-refractivity contribution is 5.94. The van der Waals surface area contributed by atoms with Crippen LogP contribution in [0, 0.1) is 0 Å². The minimum absolute atomic E-state index is 0.0300. The van der Waals surface area contributed by atoms with Crippen LogP contribution < -0.4 is 5.43 Å². The van der Waals surface area contributed by atoms with E-state index in [0.29, 0.717) is 39.4 Å². The number of aromatic nitrogens is 3. The predicted octanol–water partition coefficient (Wildman–Crippen LogP) is 9.47. The lowest BCUT2D eigenvalue weighted by molar-refractivity contribution is 0.660. The van der Waals surface area contributed by atoms with Crippen molar-refractivity contribution in [2.24, 2.45) is 0 Å². The van der Waals surface area contributed by atoms with E-state index in [-0.39, 0.29) is 5.43 Å². The number of nitrogens with zero attached hydrogens (tertiary/aromatic N) is 3. The summed E-state index contributed by atoms with van der Waals surface area (Å²) in [4.78, 5) is 27.9.